The molecular formula is C26H22N4O2. The first kappa shape index (κ1) is 21.0. The molecule has 0 radical (unpaired) electrons. The summed E-state index contributed by atoms with van der Waals surface area (Å²) in [7, 11) is 1.69. The van der Waals surface area contributed by atoms with Crippen LogP contribution in [-0.4, -0.2) is 30.7 Å². The van der Waals surface area contributed by atoms with Gasteiger partial charge < -0.3 is 10.2 Å². The van der Waals surface area contributed by atoms with E-state index in [9.17, 15) is 9.59 Å². The van der Waals surface area contributed by atoms with Gasteiger partial charge in [-0.05, 0) is 30.2 Å². The number of nitrogens with one attached hydrogen (secondary N) is 1. The van der Waals surface area contributed by atoms with Crippen molar-refractivity contribution in [3.63, 3.8) is 0 Å². The molecule has 1 aliphatic rings. The molecule has 0 saturated heterocycles. The lowest BCUT2D eigenvalue weighted by Crippen LogP contribution is -2.46. The lowest BCUT2D eigenvalue weighted by molar-refractivity contribution is -0.127. The van der Waals surface area contributed by atoms with Crippen LogP contribution in [0.4, 0.5) is 5.69 Å². The minimum atomic E-state index is -1.02. The molecule has 4 rings (SSSR count). The first-order valence-corrected chi connectivity index (χ1v) is 10.4. The van der Waals surface area contributed by atoms with Crippen LogP contribution in [0.2, 0.25) is 0 Å². The Labute approximate surface area is 186 Å². The van der Waals surface area contributed by atoms with Gasteiger partial charge in [0.2, 0.25) is 12.1 Å². The maximum absolute atomic E-state index is 13.1. The number of nitriles is 1. The molecule has 0 fully saturated rings. The summed E-state index contributed by atoms with van der Waals surface area (Å²) < 4.78 is 0. The second-order valence-electron chi connectivity index (χ2n) is 7.54. The summed E-state index contributed by atoms with van der Waals surface area (Å²) in [4.78, 5) is 32.1. The molecule has 1 unspecified atom stereocenters. The number of likely N-dealkylation sites (N-methyl/N-ethyl adjacent to an activating group) is 1. The molecule has 1 atom stereocenters. The van der Waals surface area contributed by atoms with Crippen LogP contribution >= 0.6 is 0 Å². The number of carbonyl (C=O) groups excluding carboxylic acids is 2. The van der Waals surface area contributed by atoms with Crippen molar-refractivity contribution in [2.75, 3.05) is 11.9 Å². The van der Waals surface area contributed by atoms with Crippen LogP contribution < -0.4 is 10.2 Å². The van der Waals surface area contributed by atoms with Gasteiger partial charge in [0.25, 0.3) is 5.91 Å². The largest absolute Gasteiger partial charge is 0.327 e. The van der Waals surface area contributed by atoms with E-state index in [0.717, 1.165) is 22.4 Å². The van der Waals surface area contributed by atoms with Gasteiger partial charge in [0.05, 0.1) is 23.0 Å². The van der Waals surface area contributed by atoms with Crippen molar-refractivity contribution in [3.8, 4) is 6.07 Å². The third kappa shape index (κ3) is 4.42. The van der Waals surface area contributed by atoms with Crippen LogP contribution in [0.3, 0.4) is 0 Å². The highest BCUT2D eigenvalue weighted by molar-refractivity contribution is 6.20. The number of benzene rings is 3. The Morgan fingerprint density at radius 2 is 1.72 bits per heavy atom. The van der Waals surface area contributed by atoms with Crippen molar-refractivity contribution < 1.29 is 9.59 Å². The number of aliphatic imine (C=N–C) groups is 1. The summed E-state index contributed by atoms with van der Waals surface area (Å²) in [6, 6.07) is 26.4. The SMILES string of the molecule is CN1C(=O)C(NC(=O)CCc2ccc(C#N)cc2)N=C(c2ccccc2)c2ccccc21. The van der Waals surface area contributed by atoms with E-state index in [4.69, 9.17) is 10.3 Å². The van der Waals surface area contributed by atoms with Crippen molar-refractivity contribution in [2.45, 2.75) is 19.0 Å². The fraction of sp³-hybridized carbons (Fsp3) is 0.154. The number of rotatable bonds is 5. The van der Waals surface area contributed by atoms with Gasteiger partial charge in [0.15, 0.2) is 0 Å². The van der Waals surface area contributed by atoms with Crippen LogP contribution in [0.25, 0.3) is 0 Å². The number of benzodiazepines with no additional fused rings is 1. The highest BCUT2D eigenvalue weighted by atomic mass is 16.2. The Morgan fingerprint density at radius 3 is 2.44 bits per heavy atom. The molecule has 6 heteroatoms. The average Bonchev–Trinajstić information content (AvgIpc) is 2.94. The van der Waals surface area contributed by atoms with E-state index < -0.39 is 6.17 Å². The van der Waals surface area contributed by atoms with E-state index in [1.165, 1.54) is 0 Å². The number of carbonyl (C=O) groups is 2. The van der Waals surface area contributed by atoms with Gasteiger partial charge >= 0.3 is 0 Å². The zero-order chi connectivity index (χ0) is 22.5. The normalized spacial score (nSPS) is 15.2. The summed E-state index contributed by atoms with van der Waals surface area (Å²) >= 11 is 0. The van der Waals surface area contributed by atoms with Crippen molar-refractivity contribution >= 4 is 23.2 Å². The molecule has 2 amide bonds. The predicted octanol–water partition coefficient (Wildman–Crippen LogP) is 3.45. The number of nitrogens with zero attached hydrogens (tertiary/aromatic N) is 3. The highest BCUT2D eigenvalue weighted by Crippen LogP contribution is 2.27. The van der Waals surface area contributed by atoms with Gasteiger partial charge in [0, 0.05) is 24.6 Å². The monoisotopic (exact) mass is 422 g/mol. The number of amides is 2. The fourth-order valence-electron chi connectivity index (χ4n) is 3.67. The van der Waals surface area contributed by atoms with Crippen LogP contribution in [0.15, 0.2) is 83.9 Å². The lowest BCUT2D eigenvalue weighted by Gasteiger charge is -2.20. The first-order chi connectivity index (χ1) is 15.6. The molecule has 0 aliphatic carbocycles. The highest BCUT2D eigenvalue weighted by Gasteiger charge is 2.30. The van der Waals surface area contributed by atoms with Crippen molar-refractivity contribution in [1.29, 1.82) is 5.26 Å². The van der Waals surface area contributed by atoms with E-state index in [2.05, 4.69) is 11.4 Å². The van der Waals surface area contributed by atoms with Gasteiger partial charge in [0.1, 0.15) is 0 Å². The minimum absolute atomic E-state index is 0.211. The smallest absolute Gasteiger partial charge is 0.272 e. The number of hydrogen-bond acceptors (Lipinski definition) is 4. The maximum atomic E-state index is 13.1. The Morgan fingerprint density at radius 1 is 1.03 bits per heavy atom. The quantitative estimate of drug-likeness (QED) is 0.683. The lowest BCUT2D eigenvalue weighted by atomic mass is 10.0. The molecule has 3 aromatic rings. The second kappa shape index (κ2) is 9.27. The second-order valence-corrected chi connectivity index (χ2v) is 7.54. The number of fused-ring (bicyclic) bond motifs is 1. The first-order valence-electron chi connectivity index (χ1n) is 10.4. The van der Waals surface area contributed by atoms with Crippen molar-refractivity contribution in [1.82, 2.24) is 5.32 Å². The summed E-state index contributed by atoms with van der Waals surface area (Å²) in [5.41, 5.74) is 4.64. The molecule has 0 spiro atoms. The molecule has 3 aromatic carbocycles. The standard InChI is InChI=1S/C26H22N4O2/c1-30-22-10-6-5-9-21(22)24(20-7-3-2-4-8-20)29-25(26(30)32)28-23(31)16-15-18-11-13-19(17-27)14-12-18/h2-14,25H,15-16H2,1H3,(H,28,31). The molecule has 32 heavy (non-hydrogen) atoms. The van der Waals surface area contributed by atoms with Crippen LogP contribution in [0.1, 0.15) is 28.7 Å². The summed E-state index contributed by atoms with van der Waals surface area (Å²) in [6.07, 6.45) is -0.303. The molecule has 0 aromatic heterocycles. The Balaban J connectivity index is 1.58. The predicted molar refractivity (Wildman–Crippen MR) is 123 cm³/mol. The third-order valence-electron chi connectivity index (χ3n) is 5.41. The van der Waals surface area contributed by atoms with Gasteiger partial charge in [-0.25, -0.2) is 4.99 Å². The van der Waals surface area contributed by atoms with Crippen LogP contribution in [0, 0.1) is 11.3 Å². The zero-order valence-corrected chi connectivity index (χ0v) is 17.7. The summed E-state index contributed by atoms with van der Waals surface area (Å²) in [5.74, 6) is -0.557. The molecule has 6 nitrogen and oxygen atoms in total. The van der Waals surface area contributed by atoms with E-state index in [1.807, 2.05) is 66.7 Å². The number of anilines is 1. The van der Waals surface area contributed by atoms with E-state index in [-0.39, 0.29) is 18.2 Å². The van der Waals surface area contributed by atoms with Gasteiger partial charge in [-0.2, -0.15) is 5.26 Å². The number of aryl methyl sites for hydroxylation is 1. The molecule has 1 aliphatic heterocycles. The Hall–Kier alpha value is -4.24. The minimum Gasteiger partial charge on any atom is -0.327 e. The Kier molecular flexibility index (Phi) is 6.09. The molecule has 0 saturated carbocycles. The number of para-hydroxylation sites is 1. The Bertz CT molecular complexity index is 1210. The molecule has 1 N–H and O–H groups in total. The van der Waals surface area contributed by atoms with Crippen molar-refractivity contribution in [3.05, 3.63) is 101 Å². The molecule has 0 bridgehead atoms. The topological polar surface area (TPSA) is 85.6 Å². The maximum Gasteiger partial charge on any atom is 0.272 e. The average molecular weight is 422 g/mol. The fourth-order valence-corrected chi connectivity index (χ4v) is 3.67. The zero-order valence-electron chi connectivity index (χ0n) is 17.7. The van der Waals surface area contributed by atoms with Crippen molar-refractivity contribution in [2.24, 2.45) is 4.99 Å². The van der Waals surface area contributed by atoms with Gasteiger partial charge in [-0.3, -0.25) is 9.59 Å². The van der Waals surface area contributed by atoms with Crippen LogP contribution in [0.5, 0.6) is 0 Å². The molecule has 158 valence electrons. The third-order valence-corrected chi connectivity index (χ3v) is 5.41. The van der Waals surface area contributed by atoms with Gasteiger partial charge in [-0.1, -0.05) is 60.7 Å². The molecule has 1 heterocycles. The van der Waals surface area contributed by atoms with Gasteiger partial charge in [-0.15, -0.1) is 0 Å². The summed E-state index contributed by atoms with van der Waals surface area (Å²) in [5, 5.41) is 11.7. The number of hydrogen-bond donors (Lipinski definition) is 1. The van der Waals surface area contributed by atoms with E-state index in [1.54, 1.807) is 24.1 Å². The van der Waals surface area contributed by atoms with E-state index in [0.29, 0.717) is 17.7 Å². The van der Waals surface area contributed by atoms with E-state index >= 15 is 0 Å². The summed E-state index contributed by atoms with van der Waals surface area (Å²) in [6.45, 7) is 0. The molecular weight excluding hydrogens is 400 g/mol. The van der Waals surface area contributed by atoms with Crippen LogP contribution in [-0.2, 0) is 16.0 Å².